The lowest BCUT2D eigenvalue weighted by Crippen LogP contribution is -2.47. The van der Waals surface area contributed by atoms with Gasteiger partial charge in [0.1, 0.15) is 0 Å². The van der Waals surface area contributed by atoms with Crippen LogP contribution in [-0.2, 0) is 4.79 Å². The minimum atomic E-state index is -0.189. The molecule has 32 heavy (non-hydrogen) atoms. The standard InChI is InChI=1S/C24H29N3O5/c1-30-20-15-17(16-21(31-2)23(20)32-3)9-10-22(28)25-19-11-13-27(14-12-19)24(29)26-18-7-5-4-6-8-18/h4-10,15-16,19H,11-14H2,1-3H3,(H,25,28)(H,26,29). The summed E-state index contributed by atoms with van der Waals surface area (Å²) in [4.78, 5) is 26.6. The molecular formula is C24H29N3O5. The molecule has 0 unspecified atom stereocenters. The van der Waals surface area contributed by atoms with Crippen molar-refractivity contribution in [2.75, 3.05) is 39.7 Å². The van der Waals surface area contributed by atoms with Gasteiger partial charge >= 0.3 is 6.03 Å². The van der Waals surface area contributed by atoms with Crippen LogP contribution >= 0.6 is 0 Å². The van der Waals surface area contributed by atoms with Crippen LogP contribution in [0.1, 0.15) is 18.4 Å². The number of hydrogen-bond donors (Lipinski definition) is 2. The third kappa shape index (κ3) is 5.94. The Morgan fingerprint density at radius 1 is 0.969 bits per heavy atom. The number of nitrogens with one attached hydrogen (secondary N) is 2. The first-order chi connectivity index (χ1) is 15.5. The summed E-state index contributed by atoms with van der Waals surface area (Å²) in [6, 6.07) is 12.8. The van der Waals surface area contributed by atoms with Gasteiger partial charge in [0.15, 0.2) is 11.5 Å². The van der Waals surface area contributed by atoms with Crippen molar-refractivity contribution in [3.63, 3.8) is 0 Å². The summed E-state index contributed by atoms with van der Waals surface area (Å²) < 4.78 is 16.0. The monoisotopic (exact) mass is 439 g/mol. The van der Waals surface area contributed by atoms with Crippen LogP contribution in [0.3, 0.4) is 0 Å². The number of ether oxygens (including phenoxy) is 3. The van der Waals surface area contributed by atoms with E-state index in [-0.39, 0.29) is 18.0 Å². The molecule has 8 nitrogen and oxygen atoms in total. The molecule has 1 fully saturated rings. The Bertz CT molecular complexity index is 928. The number of methoxy groups -OCH3 is 3. The predicted molar refractivity (Wildman–Crippen MR) is 123 cm³/mol. The number of nitrogens with zero attached hydrogens (tertiary/aromatic N) is 1. The summed E-state index contributed by atoms with van der Waals surface area (Å²) in [7, 11) is 4.63. The van der Waals surface area contributed by atoms with Gasteiger partial charge in [-0.05, 0) is 48.7 Å². The molecule has 1 aliphatic heterocycles. The van der Waals surface area contributed by atoms with Crippen LogP contribution in [0.5, 0.6) is 17.2 Å². The van der Waals surface area contributed by atoms with Gasteiger partial charge in [-0.1, -0.05) is 18.2 Å². The van der Waals surface area contributed by atoms with Gasteiger partial charge in [0.25, 0.3) is 0 Å². The average molecular weight is 440 g/mol. The quantitative estimate of drug-likeness (QED) is 0.644. The molecule has 1 aliphatic rings. The first-order valence-corrected chi connectivity index (χ1v) is 10.4. The largest absolute Gasteiger partial charge is 0.493 e. The lowest BCUT2D eigenvalue weighted by Gasteiger charge is -2.32. The smallest absolute Gasteiger partial charge is 0.321 e. The lowest BCUT2D eigenvalue weighted by atomic mass is 10.1. The van der Waals surface area contributed by atoms with E-state index < -0.39 is 0 Å². The van der Waals surface area contributed by atoms with Crippen LogP contribution in [0, 0.1) is 0 Å². The van der Waals surface area contributed by atoms with Crippen molar-refractivity contribution in [1.82, 2.24) is 10.2 Å². The van der Waals surface area contributed by atoms with E-state index in [1.54, 1.807) is 44.4 Å². The summed E-state index contributed by atoms with van der Waals surface area (Å²) in [6.45, 7) is 1.17. The third-order valence-corrected chi connectivity index (χ3v) is 5.27. The number of amides is 3. The fourth-order valence-corrected chi connectivity index (χ4v) is 3.57. The zero-order chi connectivity index (χ0) is 22.9. The normalized spacial score (nSPS) is 14.2. The number of likely N-dealkylation sites (tertiary alicyclic amines) is 1. The van der Waals surface area contributed by atoms with E-state index in [0.717, 1.165) is 11.3 Å². The molecule has 3 amide bonds. The molecule has 0 saturated carbocycles. The van der Waals surface area contributed by atoms with Crippen molar-refractivity contribution in [3.8, 4) is 17.2 Å². The van der Waals surface area contributed by atoms with E-state index >= 15 is 0 Å². The summed E-state index contributed by atoms with van der Waals surface area (Å²) in [5, 5.41) is 5.90. The Hall–Kier alpha value is -3.68. The fourth-order valence-electron chi connectivity index (χ4n) is 3.57. The Morgan fingerprint density at radius 2 is 1.59 bits per heavy atom. The molecule has 0 bridgehead atoms. The number of anilines is 1. The van der Waals surface area contributed by atoms with E-state index in [4.69, 9.17) is 14.2 Å². The molecule has 0 radical (unpaired) electrons. The van der Waals surface area contributed by atoms with E-state index in [0.29, 0.717) is 43.2 Å². The molecule has 170 valence electrons. The van der Waals surface area contributed by atoms with Crippen LogP contribution in [0.15, 0.2) is 48.5 Å². The molecule has 2 N–H and O–H groups in total. The molecule has 8 heteroatoms. The number of benzene rings is 2. The summed E-state index contributed by atoms with van der Waals surface area (Å²) in [6.07, 6.45) is 4.58. The molecule has 0 spiro atoms. The number of urea groups is 1. The minimum absolute atomic E-state index is 0.0212. The minimum Gasteiger partial charge on any atom is -0.493 e. The van der Waals surface area contributed by atoms with Crippen molar-refractivity contribution in [3.05, 3.63) is 54.1 Å². The fraction of sp³-hybridized carbons (Fsp3) is 0.333. The SMILES string of the molecule is COc1cc(C=CC(=O)NC2CCN(C(=O)Nc3ccccc3)CC2)cc(OC)c1OC. The van der Waals surface area contributed by atoms with Crippen molar-refractivity contribution < 1.29 is 23.8 Å². The van der Waals surface area contributed by atoms with Gasteiger partial charge in [-0.2, -0.15) is 0 Å². The molecule has 0 aromatic heterocycles. The molecule has 0 atom stereocenters. The van der Waals surface area contributed by atoms with Crippen molar-refractivity contribution in [2.24, 2.45) is 0 Å². The maximum absolute atomic E-state index is 12.4. The van der Waals surface area contributed by atoms with Crippen LogP contribution in [-0.4, -0.2) is 57.3 Å². The predicted octanol–water partition coefficient (Wildman–Crippen LogP) is 3.54. The lowest BCUT2D eigenvalue weighted by molar-refractivity contribution is -0.117. The van der Waals surface area contributed by atoms with Gasteiger partial charge in [-0.3, -0.25) is 4.79 Å². The molecule has 3 rings (SSSR count). The zero-order valence-corrected chi connectivity index (χ0v) is 18.6. The van der Waals surface area contributed by atoms with E-state index in [9.17, 15) is 9.59 Å². The van der Waals surface area contributed by atoms with Gasteiger partial charge in [-0.15, -0.1) is 0 Å². The van der Waals surface area contributed by atoms with Crippen LogP contribution in [0.2, 0.25) is 0 Å². The van der Waals surface area contributed by atoms with Crippen molar-refractivity contribution in [2.45, 2.75) is 18.9 Å². The van der Waals surface area contributed by atoms with E-state index in [1.165, 1.54) is 6.08 Å². The number of rotatable bonds is 7. The van der Waals surface area contributed by atoms with Crippen LogP contribution < -0.4 is 24.8 Å². The summed E-state index contributed by atoms with van der Waals surface area (Å²) >= 11 is 0. The van der Waals surface area contributed by atoms with Gasteiger partial charge in [0, 0.05) is 30.9 Å². The van der Waals surface area contributed by atoms with E-state index in [2.05, 4.69) is 10.6 Å². The maximum atomic E-state index is 12.4. The first kappa shape index (κ1) is 23.0. The Balaban J connectivity index is 1.51. The zero-order valence-electron chi connectivity index (χ0n) is 18.6. The Labute approximate surface area is 188 Å². The Kier molecular flexibility index (Phi) is 7.96. The number of piperidine rings is 1. The van der Waals surface area contributed by atoms with Crippen LogP contribution in [0.4, 0.5) is 10.5 Å². The molecule has 1 heterocycles. The van der Waals surface area contributed by atoms with Crippen molar-refractivity contribution >= 4 is 23.7 Å². The van der Waals surface area contributed by atoms with Gasteiger partial charge < -0.3 is 29.7 Å². The molecule has 2 aromatic carbocycles. The molecule has 1 saturated heterocycles. The van der Waals surface area contributed by atoms with E-state index in [1.807, 2.05) is 30.3 Å². The molecule has 0 aliphatic carbocycles. The second-order valence-electron chi connectivity index (χ2n) is 7.36. The number of hydrogen-bond acceptors (Lipinski definition) is 5. The maximum Gasteiger partial charge on any atom is 0.321 e. The first-order valence-electron chi connectivity index (χ1n) is 10.4. The third-order valence-electron chi connectivity index (χ3n) is 5.27. The number of carbonyl (C=O) groups excluding carboxylic acids is 2. The van der Waals surface area contributed by atoms with Crippen molar-refractivity contribution in [1.29, 1.82) is 0 Å². The van der Waals surface area contributed by atoms with Gasteiger partial charge in [0.2, 0.25) is 11.7 Å². The topological polar surface area (TPSA) is 89.1 Å². The second kappa shape index (κ2) is 11.1. The second-order valence-corrected chi connectivity index (χ2v) is 7.36. The number of para-hydroxylation sites is 1. The highest BCUT2D eigenvalue weighted by Crippen LogP contribution is 2.38. The highest BCUT2D eigenvalue weighted by Gasteiger charge is 2.23. The summed E-state index contributed by atoms with van der Waals surface area (Å²) in [5.74, 6) is 1.35. The molecular weight excluding hydrogens is 410 g/mol. The Morgan fingerprint density at radius 3 is 2.16 bits per heavy atom. The summed E-state index contributed by atoms with van der Waals surface area (Å²) in [5.41, 5.74) is 1.52. The number of carbonyl (C=O) groups is 2. The van der Waals surface area contributed by atoms with Crippen LogP contribution in [0.25, 0.3) is 6.08 Å². The highest BCUT2D eigenvalue weighted by atomic mass is 16.5. The van der Waals surface area contributed by atoms with Gasteiger partial charge in [-0.25, -0.2) is 4.79 Å². The molecule has 2 aromatic rings. The average Bonchev–Trinajstić information content (AvgIpc) is 2.83. The van der Waals surface area contributed by atoms with Gasteiger partial charge in [0.05, 0.1) is 21.3 Å². The highest BCUT2D eigenvalue weighted by molar-refractivity contribution is 5.92.